The van der Waals surface area contributed by atoms with Crippen LogP contribution in [0.4, 0.5) is 5.82 Å². The van der Waals surface area contributed by atoms with E-state index in [9.17, 15) is 0 Å². The summed E-state index contributed by atoms with van der Waals surface area (Å²) in [5, 5.41) is 3.55. The van der Waals surface area contributed by atoms with Gasteiger partial charge in [-0.25, -0.2) is 4.98 Å². The smallest absolute Gasteiger partial charge is 0.193 e. The van der Waals surface area contributed by atoms with Crippen molar-refractivity contribution in [2.45, 2.75) is 33.1 Å². The van der Waals surface area contributed by atoms with Crippen LogP contribution in [0.25, 0.3) is 0 Å². The van der Waals surface area contributed by atoms with Crippen LogP contribution in [0.1, 0.15) is 33.1 Å². The van der Waals surface area contributed by atoms with Crippen molar-refractivity contribution in [3.05, 3.63) is 24.4 Å². The van der Waals surface area contributed by atoms with Crippen LogP contribution in [-0.2, 0) is 0 Å². The minimum Gasteiger partial charge on any atom is -0.356 e. The normalized spacial score (nSPS) is 15.6. The Hall–Kier alpha value is -1.82. The lowest BCUT2D eigenvalue weighted by atomic mass is 10.3. The number of nitrogens with one attached hydrogen (secondary N) is 1. The van der Waals surface area contributed by atoms with E-state index in [0.29, 0.717) is 0 Å². The highest BCUT2D eigenvalue weighted by Gasteiger charge is 2.20. The Bertz CT molecular complexity index is 504. The molecule has 0 atom stereocenters. The molecule has 2 heterocycles. The van der Waals surface area contributed by atoms with Crippen molar-refractivity contribution in [1.29, 1.82) is 0 Å². The van der Waals surface area contributed by atoms with E-state index in [-0.39, 0.29) is 0 Å². The van der Waals surface area contributed by atoms with Crippen molar-refractivity contribution < 1.29 is 0 Å². The largest absolute Gasteiger partial charge is 0.356 e. The van der Waals surface area contributed by atoms with Gasteiger partial charge in [-0.15, -0.1) is 0 Å². The lowest BCUT2D eigenvalue weighted by Gasteiger charge is -2.37. The fourth-order valence-corrected chi connectivity index (χ4v) is 3.49. The molecule has 6 heteroatoms. The SMILES string of the molecule is CCCN(CCC)CCCNC(=NC)N1CCN(c2ccccn2)CC1. The maximum absolute atomic E-state index is 4.48. The summed E-state index contributed by atoms with van der Waals surface area (Å²) in [6, 6.07) is 6.10. The molecule has 0 radical (unpaired) electrons. The van der Waals surface area contributed by atoms with Gasteiger partial charge in [-0.3, -0.25) is 4.99 Å². The molecule has 1 aromatic heterocycles. The van der Waals surface area contributed by atoms with E-state index in [1.165, 1.54) is 32.5 Å². The number of pyridine rings is 1. The topological polar surface area (TPSA) is 47.0 Å². The molecule has 146 valence electrons. The maximum atomic E-state index is 4.48. The first-order valence-electron chi connectivity index (χ1n) is 10.1. The minimum atomic E-state index is 0.980. The van der Waals surface area contributed by atoms with Crippen LogP contribution < -0.4 is 10.2 Å². The van der Waals surface area contributed by atoms with Crippen molar-refractivity contribution in [2.75, 3.05) is 64.3 Å². The number of hydrogen-bond donors (Lipinski definition) is 1. The fourth-order valence-electron chi connectivity index (χ4n) is 3.49. The molecule has 0 saturated carbocycles. The van der Waals surface area contributed by atoms with Crippen molar-refractivity contribution in [3.8, 4) is 0 Å². The molecule has 0 amide bonds. The Morgan fingerprint density at radius 2 is 1.85 bits per heavy atom. The van der Waals surface area contributed by atoms with E-state index in [0.717, 1.165) is 50.9 Å². The van der Waals surface area contributed by atoms with Gasteiger partial charge in [0.15, 0.2) is 5.96 Å². The lowest BCUT2D eigenvalue weighted by Crippen LogP contribution is -2.53. The van der Waals surface area contributed by atoms with Gasteiger partial charge in [0.1, 0.15) is 5.82 Å². The van der Waals surface area contributed by atoms with E-state index >= 15 is 0 Å². The standard InChI is InChI=1S/C20H36N6/c1-4-12-24(13-5-2)14-8-11-23-20(21-3)26-17-15-25(16-18-26)19-9-6-7-10-22-19/h6-7,9-10H,4-5,8,11-18H2,1-3H3,(H,21,23). The molecule has 1 saturated heterocycles. The van der Waals surface area contributed by atoms with Crippen molar-refractivity contribution in [3.63, 3.8) is 0 Å². The molecule has 1 fully saturated rings. The Labute approximate surface area is 159 Å². The molecule has 1 aliphatic rings. The Kier molecular flexibility index (Phi) is 9.24. The summed E-state index contributed by atoms with van der Waals surface area (Å²) in [7, 11) is 1.88. The zero-order chi connectivity index (χ0) is 18.6. The second-order valence-electron chi connectivity index (χ2n) is 6.83. The predicted octanol–water partition coefficient (Wildman–Crippen LogP) is 2.29. The zero-order valence-corrected chi connectivity index (χ0v) is 16.8. The predicted molar refractivity (Wildman–Crippen MR) is 111 cm³/mol. The third-order valence-electron chi connectivity index (χ3n) is 4.78. The van der Waals surface area contributed by atoms with Crippen LogP contribution in [0.3, 0.4) is 0 Å². The molecule has 0 aliphatic carbocycles. The van der Waals surface area contributed by atoms with Gasteiger partial charge >= 0.3 is 0 Å². The molecular weight excluding hydrogens is 324 g/mol. The van der Waals surface area contributed by atoms with Crippen LogP contribution in [0.2, 0.25) is 0 Å². The number of rotatable bonds is 9. The molecule has 1 aliphatic heterocycles. The van der Waals surface area contributed by atoms with Gasteiger partial charge in [-0.05, 0) is 51.0 Å². The molecule has 0 bridgehead atoms. The molecule has 0 unspecified atom stereocenters. The van der Waals surface area contributed by atoms with Gasteiger partial charge in [-0.1, -0.05) is 19.9 Å². The second-order valence-corrected chi connectivity index (χ2v) is 6.83. The first kappa shape index (κ1) is 20.5. The summed E-state index contributed by atoms with van der Waals surface area (Å²) in [4.78, 5) is 16.2. The lowest BCUT2D eigenvalue weighted by molar-refractivity contribution is 0.271. The Morgan fingerprint density at radius 1 is 1.12 bits per heavy atom. The summed E-state index contributed by atoms with van der Waals surface area (Å²) in [5.41, 5.74) is 0. The first-order chi connectivity index (χ1) is 12.8. The molecule has 1 N–H and O–H groups in total. The Morgan fingerprint density at radius 3 is 2.42 bits per heavy atom. The van der Waals surface area contributed by atoms with Crippen molar-refractivity contribution >= 4 is 11.8 Å². The summed E-state index contributed by atoms with van der Waals surface area (Å²) in [5.74, 6) is 2.10. The number of hydrogen-bond acceptors (Lipinski definition) is 4. The number of anilines is 1. The number of piperazine rings is 1. The number of aliphatic imine (C=N–C) groups is 1. The van der Waals surface area contributed by atoms with E-state index in [2.05, 4.69) is 56.0 Å². The van der Waals surface area contributed by atoms with E-state index in [4.69, 9.17) is 0 Å². The molecule has 26 heavy (non-hydrogen) atoms. The zero-order valence-electron chi connectivity index (χ0n) is 16.8. The second kappa shape index (κ2) is 11.7. The van der Waals surface area contributed by atoms with Crippen molar-refractivity contribution in [1.82, 2.24) is 20.1 Å². The minimum absolute atomic E-state index is 0.980. The van der Waals surface area contributed by atoms with Gasteiger partial charge in [0.2, 0.25) is 0 Å². The monoisotopic (exact) mass is 360 g/mol. The number of nitrogens with zero attached hydrogens (tertiary/aromatic N) is 5. The van der Waals surface area contributed by atoms with Crippen molar-refractivity contribution in [2.24, 2.45) is 4.99 Å². The number of aromatic nitrogens is 1. The fraction of sp³-hybridized carbons (Fsp3) is 0.700. The van der Waals surface area contributed by atoms with Crippen LogP contribution in [0.15, 0.2) is 29.4 Å². The van der Waals surface area contributed by atoms with Gasteiger partial charge in [0.05, 0.1) is 0 Å². The average molecular weight is 361 g/mol. The third-order valence-corrected chi connectivity index (χ3v) is 4.78. The quantitative estimate of drug-likeness (QED) is 0.416. The highest BCUT2D eigenvalue weighted by atomic mass is 15.4. The van der Waals surface area contributed by atoms with Crippen LogP contribution in [0, 0.1) is 0 Å². The average Bonchev–Trinajstić information content (AvgIpc) is 2.69. The summed E-state index contributed by atoms with van der Waals surface area (Å²) < 4.78 is 0. The molecule has 0 aromatic carbocycles. The molecule has 6 nitrogen and oxygen atoms in total. The van der Waals surface area contributed by atoms with Gasteiger partial charge < -0.3 is 20.0 Å². The molecular formula is C20H36N6. The van der Waals surface area contributed by atoms with E-state index in [1.807, 2.05) is 19.3 Å². The summed E-state index contributed by atoms with van der Waals surface area (Å²) in [6.07, 6.45) is 5.49. The van der Waals surface area contributed by atoms with Gasteiger partial charge in [0.25, 0.3) is 0 Å². The van der Waals surface area contributed by atoms with E-state index in [1.54, 1.807) is 0 Å². The highest BCUT2D eigenvalue weighted by molar-refractivity contribution is 5.80. The summed E-state index contributed by atoms with van der Waals surface area (Å²) >= 11 is 0. The van der Waals surface area contributed by atoms with Crippen LogP contribution >= 0.6 is 0 Å². The van der Waals surface area contributed by atoms with Crippen LogP contribution in [0.5, 0.6) is 0 Å². The molecule has 0 spiro atoms. The van der Waals surface area contributed by atoms with Crippen LogP contribution in [-0.4, -0.2) is 80.1 Å². The molecule has 1 aromatic rings. The Balaban J connectivity index is 1.71. The van der Waals surface area contributed by atoms with Gasteiger partial charge in [0, 0.05) is 46.0 Å². The number of guanidine groups is 1. The maximum Gasteiger partial charge on any atom is 0.193 e. The van der Waals surface area contributed by atoms with E-state index < -0.39 is 0 Å². The summed E-state index contributed by atoms with van der Waals surface area (Å²) in [6.45, 7) is 13.0. The molecule has 2 rings (SSSR count). The van der Waals surface area contributed by atoms with Gasteiger partial charge in [-0.2, -0.15) is 0 Å². The highest BCUT2D eigenvalue weighted by Crippen LogP contribution is 2.12. The third kappa shape index (κ3) is 6.48. The first-order valence-corrected chi connectivity index (χ1v) is 10.1.